The second-order valence-electron chi connectivity index (χ2n) is 6.06. The van der Waals surface area contributed by atoms with Gasteiger partial charge in [-0.2, -0.15) is 5.10 Å². The third-order valence-corrected chi connectivity index (χ3v) is 6.71. The number of imide groups is 1. The molecule has 2 aromatic rings. The minimum Gasteiger partial charge on any atom is -0.273 e. The highest BCUT2D eigenvalue weighted by Crippen LogP contribution is 2.35. The van der Waals surface area contributed by atoms with Crippen LogP contribution in [-0.2, 0) is 9.59 Å². The van der Waals surface area contributed by atoms with Crippen molar-refractivity contribution < 1.29 is 14.4 Å². The molecule has 2 aliphatic rings. The van der Waals surface area contributed by atoms with Crippen molar-refractivity contribution in [2.45, 2.75) is 12.5 Å². The highest BCUT2D eigenvalue weighted by atomic mass is 79.9. The van der Waals surface area contributed by atoms with Gasteiger partial charge in [-0.25, -0.2) is 5.01 Å². The molecule has 9 heteroatoms. The normalized spacial score (nSPS) is 19.7. The Morgan fingerprint density at radius 1 is 1.22 bits per heavy atom. The average Bonchev–Trinajstić information content (AvgIpc) is 3.38. The fourth-order valence-electron chi connectivity index (χ4n) is 3.00. The van der Waals surface area contributed by atoms with Crippen LogP contribution in [0.15, 0.2) is 51.4 Å². The lowest BCUT2D eigenvalue weighted by Gasteiger charge is -2.22. The SMILES string of the molecule is O=C1CSC(=O)N1CC(=O)N1N=C(c2ccc(Br)cc2)CC1c1cccs1. The van der Waals surface area contributed by atoms with Crippen molar-refractivity contribution in [2.75, 3.05) is 12.3 Å². The van der Waals surface area contributed by atoms with Gasteiger partial charge in [0.15, 0.2) is 0 Å². The van der Waals surface area contributed by atoms with E-state index in [-0.39, 0.29) is 35.4 Å². The summed E-state index contributed by atoms with van der Waals surface area (Å²) in [6, 6.07) is 11.4. The van der Waals surface area contributed by atoms with E-state index in [1.165, 1.54) is 5.01 Å². The lowest BCUT2D eigenvalue weighted by molar-refractivity contribution is -0.137. The highest BCUT2D eigenvalue weighted by molar-refractivity contribution is 9.10. The fourth-order valence-corrected chi connectivity index (χ4v) is 4.80. The van der Waals surface area contributed by atoms with E-state index in [4.69, 9.17) is 0 Å². The first kappa shape index (κ1) is 18.4. The average molecular weight is 464 g/mol. The third-order valence-electron chi connectivity index (χ3n) is 4.35. The zero-order chi connectivity index (χ0) is 19.0. The van der Waals surface area contributed by atoms with Crippen LogP contribution in [-0.4, -0.2) is 45.0 Å². The van der Waals surface area contributed by atoms with Gasteiger partial charge in [-0.3, -0.25) is 19.3 Å². The van der Waals surface area contributed by atoms with E-state index in [2.05, 4.69) is 21.0 Å². The van der Waals surface area contributed by atoms with Crippen LogP contribution in [0.2, 0.25) is 0 Å². The number of benzene rings is 1. The number of hydrogen-bond acceptors (Lipinski definition) is 6. The summed E-state index contributed by atoms with van der Waals surface area (Å²) in [5.74, 6) is -0.597. The van der Waals surface area contributed by atoms with Crippen molar-refractivity contribution in [1.29, 1.82) is 0 Å². The lowest BCUT2D eigenvalue weighted by Crippen LogP contribution is -2.40. The molecule has 1 fully saturated rings. The molecule has 3 heterocycles. The molecule has 2 aliphatic heterocycles. The highest BCUT2D eigenvalue weighted by Gasteiger charge is 2.38. The zero-order valence-corrected chi connectivity index (χ0v) is 17.2. The summed E-state index contributed by atoms with van der Waals surface area (Å²) < 4.78 is 0.969. The second-order valence-corrected chi connectivity index (χ2v) is 8.88. The van der Waals surface area contributed by atoms with Gasteiger partial charge in [-0.1, -0.05) is 45.9 Å². The number of carbonyl (C=O) groups is 3. The van der Waals surface area contributed by atoms with Crippen molar-refractivity contribution in [3.63, 3.8) is 0 Å². The number of amides is 3. The zero-order valence-electron chi connectivity index (χ0n) is 14.0. The first-order valence-electron chi connectivity index (χ1n) is 8.19. The Labute approximate surface area is 172 Å². The number of halogens is 1. The van der Waals surface area contributed by atoms with Crippen molar-refractivity contribution >= 4 is 61.8 Å². The summed E-state index contributed by atoms with van der Waals surface area (Å²) >= 11 is 5.90. The molecule has 1 saturated heterocycles. The van der Waals surface area contributed by atoms with Gasteiger partial charge in [0, 0.05) is 15.8 Å². The second kappa shape index (κ2) is 7.57. The summed E-state index contributed by atoms with van der Waals surface area (Å²) in [6.07, 6.45) is 0.588. The van der Waals surface area contributed by atoms with Crippen LogP contribution in [0.25, 0.3) is 0 Å². The largest absolute Gasteiger partial charge is 0.289 e. The van der Waals surface area contributed by atoms with Crippen LogP contribution in [0.5, 0.6) is 0 Å². The molecule has 3 amide bonds. The number of thiophene rings is 1. The summed E-state index contributed by atoms with van der Waals surface area (Å²) in [4.78, 5) is 38.6. The molecular formula is C18H14BrN3O3S2. The summed E-state index contributed by atoms with van der Waals surface area (Å²) in [5.41, 5.74) is 1.75. The van der Waals surface area contributed by atoms with Crippen LogP contribution in [0.4, 0.5) is 4.79 Å². The maximum Gasteiger partial charge on any atom is 0.289 e. The molecule has 6 nitrogen and oxygen atoms in total. The summed E-state index contributed by atoms with van der Waals surface area (Å²) in [7, 11) is 0. The van der Waals surface area contributed by atoms with E-state index in [1.807, 2.05) is 41.8 Å². The Kier molecular flexibility index (Phi) is 5.16. The fraction of sp³-hybridized carbons (Fsp3) is 0.222. The number of nitrogens with zero attached hydrogens (tertiary/aromatic N) is 3. The first-order valence-corrected chi connectivity index (χ1v) is 10.8. The molecule has 0 saturated carbocycles. The summed E-state index contributed by atoms with van der Waals surface area (Å²) in [6.45, 7) is -0.274. The Balaban J connectivity index is 1.61. The van der Waals surface area contributed by atoms with Gasteiger partial charge in [-0.05, 0) is 29.1 Å². The van der Waals surface area contributed by atoms with Crippen molar-refractivity contribution in [3.8, 4) is 0 Å². The Bertz CT molecular complexity index is 912. The minimum absolute atomic E-state index is 0.0911. The first-order chi connectivity index (χ1) is 13.0. The molecule has 4 rings (SSSR count). The Hall–Kier alpha value is -1.97. The number of carbonyl (C=O) groups excluding carboxylic acids is 3. The molecule has 0 aliphatic carbocycles. The van der Waals surface area contributed by atoms with Crippen molar-refractivity contribution in [2.24, 2.45) is 5.10 Å². The van der Waals surface area contributed by atoms with Crippen LogP contribution in [0, 0.1) is 0 Å². The topological polar surface area (TPSA) is 70.1 Å². The molecule has 1 aromatic carbocycles. The number of hydrazone groups is 1. The van der Waals surface area contributed by atoms with E-state index in [0.29, 0.717) is 6.42 Å². The minimum atomic E-state index is -0.377. The molecule has 0 bridgehead atoms. The van der Waals surface area contributed by atoms with Crippen molar-refractivity contribution in [1.82, 2.24) is 9.91 Å². The molecule has 1 atom stereocenters. The molecule has 1 unspecified atom stereocenters. The molecular weight excluding hydrogens is 450 g/mol. The van der Waals surface area contributed by atoms with Crippen LogP contribution >= 0.6 is 39.0 Å². The van der Waals surface area contributed by atoms with E-state index < -0.39 is 0 Å². The van der Waals surface area contributed by atoms with Gasteiger partial charge >= 0.3 is 0 Å². The third kappa shape index (κ3) is 3.71. The monoisotopic (exact) mass is 463 g/mol. The maximum atomic E-state index is 12.9. The van der Waals surface area contributed by atoms with Crippen LogP contribution < -0.4 is 0 Å². The van der Waals surface area contributed by atoms with Crippen LogP contribution in [0.1, 0.15) is 22.9 Å². The van der Waals surface area contributed by atoms with Gasteiger partial charge < -0.3 is 0 Å². The molecule has 27 heavy (non-hydrogen) atoms. The van der Waals surface area contributed by atoms with E-state index in [1.54, 1.807) is 11.3 Å². The quantitative estimate of drug-likeness (QED) is 0.689. The van der Waals surface area contributed by atoms with Gasteiger partial charge in [0.05, 0.1) is 17.5 Å². The lowest BCUT2D eigenvalue weighted by atomic mass is 10.0. The molecule has 0 spiro atoms. The standard InChI is InChI=1S/C18H14BrN3O3S2/c19-12-5-3-11(4-6-12)13-8-14(15-2-1-7-26-15)22(20-13)16(23)9-21-17(24)10-27-18(21)25/h1-7,14H,8-10H2. The van der Waals surface area contributed by atoms with Gasteiger partial charge in [0.2, 0.25) is 5.91 Å². The smallest absolute Gasteiger partial charge is 0.273 e. The molecule has 0 N–H and O–H groups in total. The number of rotatable bonds is 4. The molecule has 0 radical (unpaired) electrons. The van der Waals surface area contributed by atoms with Crippen LogP contribution in [0.3, 0.4) is 0 Å². The molecule has 1 aromatic heterocycles. The number of thioether (sulfide) groups is 1. The van der Waals surface area contributed by atoms with Gasteiger partial charge in [0.1, 0.15) is 6.54 Å². The van der Waals surface area contributed by atoms with Gasteiger partial charge in [0.25, 0.3) is 11.1 Å². The molecule has 138 valence electrons. The summed E-state index contributed by atoms with van der Waals surface area (Å²) in [5, 5.41) is 7.56. The predicted molar refractivity (Wildman–Crippen MR) is 109 cm³/mol. The Morgan fingerprint density at radius 3 is 2.63 bits per heavy atom. The maximum absolute atomic E-state index is 12.9. The van der Waals surface area contributed by atoms with Crippen molar-refractivity contribution in [3.05, 3.63) is 56.7 Å². The predicted octanol–water partition coefficient (Wildman–Crippen LogP) is 3.88. The Morgan fingerprint density at radius 2 is 2.00 bits per heavy atom. The van der Waals surface area contributed by atoms with E-state index in [9.17, 15) is 14.4 Å². The number of hydrogen-bond donors (Lipinski definition) is 0. The van der Waals surface area contributed by atoms with E-state index >= 15 is 0 Å². The van der Waals surface area contributed by atoms with Gasteiger partial charge in [-0.15, -0.1) is 11.3 Å². The van der Waals surface area contributed by atoms with E-state index in [0.717, 1.165) is 37.3 Å².